The van der Waals surface area contributed by atoms with Crippen molar-refractivity contribution in [2.75, 3.05) is 30.7 Å². The van der Waals surface area contributed by atoms with Crippen LogP contribution in [-0.4, -0.2) is 69.6 Å². The highest BCUT2D eigenvalue weighted by Crippen LogP contribution is 2.33. The smallest absolute Gasteiger partial charge is 0.264 e. The summed E-state index contributed by atoms with van der Waals surface area (Å²) in [4.78, 5) is 51.1. The Labute approximate surface area is 270 Å². The van der Waals surface area contributed by atoms with Crippen molar-refractivity contribution in [3.8, 4) is 22.8 Å². The van der Waals surface area contributed by atoms with Crippen LogP contribution in [0.4, 0.5) is 11.5 Å². The van der Waals surface area contributed by atoms with Gasteiger partial charge in [-0.25, -0.2) is 0 Å². The minimum Gasteiger partial charge on any atom is -0.507 e. The van der Waals surface area contributed by atoms with Crippen LogP contribution in [0.3, 0.4) is 0 Å². The lowest BCUT2D eigenvalue weighted by molar-refractivity contribution is -0.136. The molecule has 0 radical (unpaired) electrons. The predicted molar refractivity (Wildman–Crippen MR) is 172 cm³/mol. The highest BCUT2D eigenvalue weighted by molar-refractivity contribution is 6.25. The Morgan fingerprint density at radius 1 is 0.915 bits per heavy atom. The first kappa shape index (κ1) is 31.2. The van der Waals surface area contributed by atoms with Gasteiger partial charge in [0.2, 0.25) is 11.8 Å². The maximum atomic E-state index is 13.2. The lowest BCUT2D eigenvalue weighted by Crippen LogP contribution is -2.54. The number of anilines is 2. The third kappa shape index (κ3) is 6.75. The van der Waals surface area contributed by atoms with Crippen LogP contribution in [0.5, 0.6) is 11.5 Å². The van der Waals surface area contributed by atoms with Crippen molar-refractivity contribution in [3.63, 3.8) is 0 Å². The minimum atomic E-state index is -1.00. The summed E-state index contributed by atoms with van der Waals surface area (Å²) in [5.74, 6) is -1.46. The number of aromatic hydroxyl groups is 1. The van der Waals surface area contributed by atoms with Gasteiger partial charge in [0.1, 0.15) is 17.5 Å². The highest BCUT2D eigenvalue weighted by atomic mass is 16.5. The maximum Gasteiger partial charge on any atom is 0.264 e. The molecular weight excluding hydrogens is 602 g/mol. The zero-order chi connectivity index (χ0) is 32.9. The average Bonchev–Trinajstić information content (AvgIpc) is 3.32. The standard InChI is InChI=1S/C34H33N7O6/c35-31-28(18-25(39-40-31)22-4-1-2-7-27(22)42)47-17-14-20-8-10-21(11-9-20)19-36-15-16-37-24-6-3-5-23-30(24)34(46)41(33(23)45)26-12-13-29(43)38-32(26)44/h1-11,18,26,36-37,42H,12-17,19H2,(H2,35,40)(H,38,43,44). The molecule has 1 fully saturated rings. The number of ether oxygens (including phenoxy) is 1. The normalized spacial score (nSPS) is 15.8. The number of aromatic nitrogens is 2. The molecule has 0 aliphatic carbocycles. The number of nitrogens with two attached hydrogens (primary N) is 1. The second-order valence-corrected chi connectivity index (χ2v) is 11.2. The molecule has 0 saturated carbocycles. The van der Waals surface area contributed by atoms with Gasteiger partial charge in [-0.15, -0.1) is 10.2 Å². The van der Waals surface area contributed by atoms with Gasteiger partial charge in [-0.05, 0) is 41.8 Å². The Kier molecular flexibility index (Phi) is 9.06. The molecule has 1 aromatic heterocycles. The van der Waals surface area contributed by atoms with Gasteiger partial charge in [-0.1, -0.05) is 42.5 Å². The molecule has 0 spiro atoms. The molecule has 6 N–H and O–H groups in total. The Bertz CT molecular complexity index is 1850. The molecule has 4 aromatic rings. The molecule has 4 amide bonds. The van der Waals surface area contributed by atoms with Crippen LogP contribution in [0.15, 0.2) is 72.8 Å². The summed E-state index contributed by atoms with van der Waals surface area (Å²) >= 11 is 0. The molecule has 0 bridgehead atoms. The third-order valence-electron chi connectivity index (χ3n) is 8.05. The predicted octanol–water partition coefficient (Wildman–Crippen LogP) is 2.66. The number of piperidine rings is 1. The van der Waals surface area contributed by atoms with Gasteiger partial charge in [0.15, 0.2) is 11.6 Å². The third-order valence-corrected chi connectivity index (χ3v) is 8.05. The number of nitrogens with zero attached hydrogens (tertiary/aromatic N) is 3. The van der Waals surface area contributed by atoms with Crippen LogP contribution in [0.1, 0.15) is 44.7 Å². The monoisotopic (exact) mass is 635 g/mol. The Hall–Kier alpha value is -5.82. The average molecular weight is 636 g/mol. The summed E-state index contributed by atoms with van der Waals surface area (Å²) in [7, 11) is 0. The SMILES string of the molecule is Nc1nnc(-c2ccccc2O)cc1OCCc1ccc(CNCCNc2cccc3c2C(=O)N(C2CCC(=O)NC2=O)C3=O)cc1. The van der Waals surface area contributed by atoms with Gasteiger partial charge in [-0.2, -0.15) is 0 Å². The fourth-order valence-corrected chi connectivity index (χ4v) is 5.60. The van der Waals surface area contributed by atoms with Crippen LogP contribution >= 0.6 is 0 Å². The molecule has 2 aliphatic rings. The van der Waals surface area contributed by atoms with Gasteiger partial charge in [0.05, 0.1) is 17.7 Å². The number of rotatable bonds is 12. The molecule has 240 valence electrons. The number of para-hydroxylation sites is 1. The van der Waals surface area contributed by atoms with E-state index in [1.165, 1.54) is 0 Å². The lowest BCUT2D eigenvalue weighted by Gasteiger charge is -2.27. The van der Waals surface area contributed by atoms with E-state index in [1.54, 1.807) is 48.5 Å². The summed E-state index contributed by atoms with van der Waals surface area (Å²) in [5, 5.41) is 27.0. The van der Waals surface area contributed by atoms with Gasteiger partial charge in [-0.3, -0.25) is 29.4 Å². The number of amides is 4. The Morgan fingerprint density at radius 3 is 2.47 bits per heavy atom. The van der Waals surface area contributed by atoms with Crippen LogP contribution in [0.2, 0.25) is 0 Å². The topological polar surface area (TPSA) is 189 Å². The fraction of sp³-hybridized carbons (Fsp3) is 0.235. The molecule has 1 unspecified atom stereocenters. The van der Waals surface area contributed by atoms with Gasteiger partial charge in [0.25, 0.3) is 11.8 Å². The van der Waals surface area contributed by atoms with Crippen molar-refractivity contribution in [2.24, 2.45) is 0 Å². The van der Waals surface area contributed by atoms with E-state index in [4.69, 9.17) is 10.5 Å². The van der Waals surface area contributed by atoms with Crippen molar-refractivity contribution < 1.29 is 29.0 Å². The number of fused-ring (bicyclic) bond motifs is 1. The fourth-order valence-electron chi connectivity index (χ4n) is 5.60. The Balaban J connectivity index is 0.959. The molecule has 47 heavy (non-hydrogen) atoms. The molecule has 3 heterocycles. The van der Waals surface area contributed by atoms with Crippen LogP contribution in [0, 0.1) is 0 Å². The van der Waals surface area contributed by atoms with E-state index in [0.29, 0.717) is 55.4 Å². The number of phenols is 1. The lowest BCUT2D eigenvalue weighted by atomic mass is 10.0. The summed E-state index contributed by atoms with van der Waals surface area (Å²) in [6.07, 6.45) is 0.828. The number of nitrogens with one attached hydrogen (secondary N) is 3. The second-order valence-electron chi connectivity index (χ2n) is 11.2. The molecule has 13 nitrogen and oxygen atoms in total. The van der Waals surface area contributed by atoms with Crippen molar-refractivity contribution in [1.82, 2.24) is 25.7 Å². The zero-order valence-corrected chi connectivity index (χ0v) is 25.4. The number of carbonyl (C=O) groups excluding carboxylic acids is 4. The first-order valence-electron chi connectivity index (χ1n) is 15.2. The molecule has 3 aromatic carbocycles. The highest BCUT2D eigenvalue weighted by Gasteiger charge is 2.45. The first-order valence-corrected chi connectivity index (χ1v) is 15.2. The molecule has 1 atom stereocenters. The van der Waals surface area contributed by atoms with Crippen LogP contribution in [-0.2, 0) is 22.6 Å². The quantitative estimate of drug-likeness (QED) is 0.114. The number of imide groups is 2. The molecule has 1 saturated heterocycles. The molecular formula is C34H33N7O6. The summed E-state index contributed by atoms with van der Waals surface area (Å²) in [6, 6.07) is 20.6. The largest absolute Gasteiger partial charge is 0.507 e. The van der Waals surface area contributed by atoms with E-state index in [0.717, 1.165) is 16.0 Å². The van der Waals surface area contributed by atoms with Crippen LogP contribution < -0.4 is 26.4 Å². The molecule has 2 aliphatic heterocycles. The Morgan fingerprint density at radius 2 is 1.68 bits per heavy atom. The summed E-state index contributed by atoms with van der Waals surface area (Å²) in [6.45, 7) is 2.08. The molecule has 13 heteroatoms. The summed E-state index contributed by atoms with van der Waals surface area (Å²) in [5.41, 5.74) is 10.1. The number of nitrogen functional groups attached to an aromatic ring is 1. The van der Waals surface area contributed by atoms with E-state index >= 15 is 0 Å². The first-order chi connectivity index (χ1) is 22.8. The van der Waals surface area contributed by atoms with Gasteiger partial charge < -0.3 is 26.2 Å². The van der Waals surface area contributed by atoms with Gasteiger partial charge >= 0.3 is 0 Å². The minimum absolute atomic E-state index is 0.0706. The van der Waals surface area contributed by atoms with Crippen LogP contribution in [0.25, 0.3) is 11.3 Å². The second kappa shape index (κ2) is 13.7. The molecule has 6 rings (SSSR count). The number of carbonyl (C=O) groups is 4. The van der Waals surface area contributed by atoms with E-state index in [-0.39, 0.29) is 35.5 Å². The van der Waals surface area contributed by atoms with Crippen molar-refractivity contribution in [2.45, 2.75) is 31.8 Å². The number of phenolic OH excluding ortho intramolecular Hbond substituents is 1. The van der Waals surface area contributed by atoms with Crippen molar-refractivity contribution in [1.29, 1.82) is 0 Å². The number of benzene rings is 3. The van der Waals surface area contributed by atoms with E-state index in [9.17, 15) is 24.3 Å². The zero-order valence-electron chi connectivity index (χ0n) is 25.4. The van der Waals surface area contributed by atoms with E-state index in [1.807, 2.05) is 24.3 Å². The summed E-state index contributed by atoms with van der Waals surface area (Å²) < 4.78 is 5.89. The van der Waals surface area contributed by atoms with E-state index in [2.05, 4.69) is 26.1 Å². The number of hydrogen-bond acceptors (Lipinski definition) is 11. The van der Waals surface area contributed by atoms with Crippen molar-refractivity contribution in [3.05, 3.63) is 95.1 Å². The van der Waals surface area contributed by atoms with Gasteiger partial charge in [0, 0.05) is 49.8 Å². The number of hydrogen-bond donors (Lipinski definition) is 5. The maximum absolute atomic E-state index is 13.2. The van der Waals surface area contributed by atoms with E-state index < -0.39 is 29.7 Å². The van der Waals surface area contributed by atoms with Crippen molar-refractivity contribution >= 4 is 35.1 Å².